The van der Waals surface area contributed by atoms with Gasteiger partial charge in [-0.15, -0.1) is 16.4 Å². The lowest BCUT2D eigenvalue weighted by molar-refractivity contribution is -0.119. The number of aromatic nitrogens is 3. The Balaban J connectivity index is 1.63. The van der Waals surface area contributed by atoms with Gasteiger partial charge in [0.05, 0.1) is 19.6 Å². The predicted molar refractivity (Wildman–Crippen MR) is 111 cm³/mol. The van der Waals surface area contributed by atoms with Gasteiger partial charge in [-0.3, -0.25) is 9.59 Å². The van der Waals surface area contributed by atoms with Crippen molar-refractivity contribution in [2.75, 3.05) is 19.5 Å². The maximum atomic E-state index is 13.1. The maximum Gasteiger partial charge on any atom is 0.279 e. The van der Waals surface area contributed by atoms with E-state index in [9.17, 15) is 9.59 Å². The molecule has 1 atom stereocenters. The molecule has 8 nitrogen and oxygen atoms in total. The van der Waals surface area contributed by atoms with Crippen molar-refractivity contribution in [1.82, 2.24) is 15.0 Å². The molecular formula is C20H22N4O4S. The van der Waals surface area contributed by atoms with Gasteiger partial charge in [-0.25, -0.2) is 0 Å². The van der Waals surface area contributed by atoms with Crippen molar-refractivity contribution < 1.29 is 14.3 Å². The average molecular weight is 414 g/mol. The molecule has 0 aliphatic heterocycles. The Bertz CT molecular complexity index is 1140. The van der Waals surface area contributed by atoms with Crippen LogP contribution in [0, 0.1) is 0 Å². The first kappa shape index (κ1) is 19.4. The highest BCUT2D eigenvalue weighted by molar-refractivity contribution is 7.18. The van der Waals surface area contributed by atoms with Crippen molar-refractivity contribution in [3.8, 4) is 11.5 Å². The molecule has 1 N–H and O–H groups in total. The Kier molecular flexibility index (Phi) is 5.23. The molecule has 0 fully saturated rings. The largest absolute Gasteiger partial charge is 0.493 e. The molecule has 9 heteroatoms. The minimum absolute atomic E-state index is 0.260. The number of ether oxygens (including phenoxy) is 2. The Labute approximate surface area is 171 Å². The summed E-state index contributed by atoms with van der Waals surface area (Å²) >= 11 is 1.54. The third-order valence-electron chi connectivity index (χ3n) is 5.20. The van der Waals surface area contributed by atoms with E-state index in [4.69, 9.17) is 9.47 Å². The molecule has 2 aromatic heterocycles. The lowest BCUT2D eigenvalue weighted by Crippen LogP contribution is -2.34. The molecule has 0 radical (unpaired) electrons. The van der Waals surface area contributed by atoms with E-state index in [2.05, 4.69) is 15.6 Å². The zero-order valence-electron chi connectivity index (χ0n) is 16.5. The second-order valence-electron chi connectivity index (χ2n) is 6.97. The van der Waals surface area contributed by atoms with E-state index >= 15 is 0 Å². The number of nitrogens with one attached hydrogen (secondary N) is 1. The number of methoxy groups -OCH3 is 2. The molecule has 0 saturated heterocycles. The van der Waals surface area contributed by atoms with Gasteiger partial charge < -0.3 is 14.8 Å². The Morgan fingerprint density at radius 2 is 1.97 bits per heavy atom. The number of anilines is 1. The average Bonchev–Trinajstić information content (AvgIpc) is 3.12. The predicted octanol–water partition coefficient (Wildman–Crippen LogP) is 2.95. The molecule has 0 saturated carbocycles. The number of benzene rings is 1. The second kappa shape index (κ2) is 7.82. The van der Waals surface area contributed by atoms with Crippen LogP contribution < -0.4 is 20.3 Å². The summed E-state index contributed by atoms with van der Waals surface area (Å²) in [4.78, 5) is 27.7. The monoisotopic (exact) mass is 414 g/mol. The van der Waals surface area contributed by atoms with Crippen LogP contribution in [0.4, 0.5) is 5.69 Å². The van der Waals surface area contributed by atoms with Crippen LogP contribution in [0.5, 0.6) is 11.5 Å². The lowest BCUT2D eigenvalue weighted by Gasteiger charge is -2.15. The molecule has 1 aliphatic carbocycles. The Morgan fingerprint density at radius 3 is 2.72 bits per heavy atom. The van der Waals surface area contributed by atoms with Gasteiger partial charge in [-0.2, -0.15) is 4.68 Å². The van der Waals surface area contributed by atoms with Crippen LogP contribution in [0.1, 0.15) is 36.2 Å². The molecule has 0 spiro atoms. The SMILES string of the molecule is COc1ccc(NC(=O)C(C)n2nnc3sc4c(c3c2=O)CCCC4)cc1OC. The number of aryl methyl sites for hydroxylation is 2. The summed E-state index contributed by atoms with van der Waals surface area (Å²) in [5.41, 5.74) is 1.36. The number of carbonyl (C=O) groups is 1. The van der Waals surface area contributed by atoms with Crippen LogP contribution >= 0.6 is 11.3 Å². The van der Waals surface area contributed by atoms with E-state index in [0.29, 0.717) is 27.4 Å². The summed E-state index contributed by atoms with van der Waals surface area (Å²) in [7, 11) is 3.07. The van der Waals surface area contributed by atoms with Gasteiger partial charge in [0.25, 0.3) is 5.56 Å². The summed E-state index contributed by atoms with van der Waals surface area (Å²) < 4.78 is 11.6. The minimum atomic E-state index is -0.813. The number of nitrogens with zero attached hydrogens (tertiary/aromatic N) is 3. The normalized spacial score (nSPS) is 14.3. The number of hydrogen-bond donors (Lipinski definition) is 1. The molecule has 1 unspecified atom stereocenters. The highest BCUT2D eigenvalue weighted by Gasteiger charge is 2.24. The number of fused-ring (bicyclic) bond motifs is 3. The van der Waals surface area contributed by atoms with E-state index < -0.39 is 6.04 Å². The van der Waals surface area contributed by atoms with E-state index in [-0.39, 0.29) is 11.5 Å². The van der Waals surface area contributed by atoms with Crippen molar-refractivity contribution in [2.45, 2.75) is 38.6 Å². The van der Waals surface area contributed by atoms with Crippen LogP contribution in [0.15, 0.2) is 23.0 Å². The van der Waals surface area contributed by atoms with Gasteiger partial charge in [0.2, 0.25) is 5.91 Å². The molecule has 4 rings (SSSR count). The van der Waals surface area contributed by atoms with Crippen LogP contribution in [-0.4, -0.2) is 35.1 Å². The van der Waals surface area contributed by atoms with Crippen LogP contribution in [0.2, 0.25) is 0 Å². The molecule has 29 heavy (non-hydrogen) atoms. The summed E-state index contributed by atoms with van der Waals surface area (Å²) in [5.74, 6) is 0.701. The van der Waals surface area contributed by atoms with Gasteiger partial charge in [-0.05, 0) is 50.3 Å². The number of carbonyl (C=O) groups excluding carboxylic acids is 1. The first-order valence-corrected chi connectivity index (χ1v) is 10.3. The van der Waals surface area contributed by atoms with Crippen molar-refractivity contribution in [1.29, 1.82) is 0 Å². The van der Waals surface area contributed by atoms with Crippen LogP contribution in [0.3, 0.4) is 0 Å². The van der Waals surface area contributed by atoms with Crippen molar-refractivity contribution in [3.05, 3.63) is 39.0 Å². The first-order valence-electron chi connectivity index (χ1n) is 9.46. The standard InChI is InChI=1S/C20H22N4O4S/c1-11(18(25)21-12-8-9-14(27-2)15(10-12)28-3)24-20(26)17-13-6-4-5-7-16(13)29-19(17)22-23-24/h8-11H,4-7H2,1-3H3,(H,21,25). The number of amides is 1. The number of hydrogen-bond acceptors (Lipinski definition) is 7. The van der Waals surface area contributed by atoms with E-state index in [1.165, 1.54) is 28.0 Å². The molecule has 0 bridgehead atoms. The molecule has 1 aromatic carbocycles. The third kappa shape index (κ3) is 3.46. The minimum Gasteiger partial charge on any atom is -0.493 e. The highest BCUT2D eigenvalue weighted by Crippen LogP contribution is 2.33. The quantitative estimate of drug-likeness (QED) is 0.690. The van der Waals surface area contributed by atoms with Gasteiger partial charge >= 0.3 is 0 Å². The molecule has 152 valence electrons. The van der Waals surface area contributed by atoms with Crippen molar-refractivity contribution in [2.24, 2.45) is 0 Å². The van der Waals surface area contributed by atoms with Gasteiger partial charge in [0.1, 0.15) is 6.04 Å². The lowest BCUT2D eigenvalue weighted by atomic mass is 9.97. The van der Waals surface area contributed by atoms with E-state index in [0.717, 1.165) is 31.2 Å². The second-order valence-corrected chi connectivity index (χ2v) is 8.05. The fourth-order valence-electron chi connectivity index (χ4n) is 3.61. The number of rotatable bonds is 5. The summed E-state index contributed by atoms with van der Waals surface area (Å²) in [5, 5.41) is 11.7. The summed E-state index contributed by atoms with van der Waals surface area (Å²) in [6, 6.07) is 4.26. The Morgan fingerprint density at radius 1 is 1.21 bits per heavy atom. The van der Waals surface area contributed by atoms with Crippen LogP contribution in [-0.2, 0) is 17.6 Å². The Hall–Kier alpha value is -2.94. The molecule has 1 aliphatic rings. The first-order chi connectivity index (χ1) is 14.0. The molecule has 2 heterocycles. The zero-order chi connectivity index (χ0) is 20.5. The fraction of sp³-hybridized carbons (Fsp3) is 0.400. The van der Waals surface area contributed by atoms with Crippen molar-refractivity contribution >= 4 is 33.1 Å². The summed E-state index contributed by atoms with van der Waals surface area (Å²) in [6.07, 6.45) is 4.05. The summed E-state index contributed by atoms with van der Waals surface area (Å²) in [6.45, 7) is 1.64. The topological polar surface area (TPSA) is 95.3 Å². The molecule has 3 aromatic rings. The van der Waals surface area contributed by atoms with Gasteiger partial charge in [0.15, 0.2) is 16.3 Å². The fourth-order valence-corrected chi connectivity index (χ4v) is 4.81. The molecule has 1 amide bonds. The van der Waals surface area contributed by atoms with Crippen LogP contribution in [0.25, 0.3) is 10.2 Å². The van der Waals surface area contributed by atoms with E-state index in [1.54, 1.807) is 32.2 Å². The highest BCUT2D eigenvalue weighted by atomic mass is 32.1. The smallest absolute Gasteiger partial charge is 0.279 e. The van der Waals surface area contributed by atoms with Crippen molar-refractivity contribution in [3.63, 3.8) is 0 Å². The van der Waals surface area contributed by atoms with Gasteiger partial charge in [-0.1, -0.05) is 5.21 Å². The van der Waals surface area contributed by atoms with Gasteiger partial charge in [0, 0.05) is 16.6 Å². The third-order valence-corrected chi connectivity index (χ3v) is 6.38. The van der Waals surface area contributed by atoms with E-state index in [1.807, 2.05) is 0 Å². The zero-order valence-corrected chi connectivity index (χ0v) is 17.3. The number of thiophene rings is 1. The molecular weight excluding hydrogens is 392 g/mol. The maximum absolute atomic E-state index is 13.1.